The standard InChI is InChI=1S/C18H33NO3/c1-5-17(3,4)15-6-9-18(10-7-15)21-13-16(22-18)8-11-19-14(2)12-20/h12,14-16,19H,5-11,13H2,1-4H3. The molecule has 0 aromatic carbocycles. The van der Waals surface area contributed by atoms with E-state index < -0.39 is 0 Å². The van der Waals surface area contributed by atoms with Crippen molar-refractivity contribution in [3.8, 4) is 0 Å². The minimum absolute atomic E-state index is 0.0806. The fourth-order valence-corrected chi connectivity index (χ4v) is 3.67. The predicted molar refractivity (Wildman–Crippen MR) is 87.7 cm³/mol. The maximum absolute atomic E-state index is 10.6. The minimum atomic E-state index is -0.318. The number of carbonyl (C=O) groups excluding carboxylic acids is 1. The molecule has 4 heteroatoms. The molecule has 2 aliphatic rings. The third-order valence-corrected chi connectivity index (χ3v) is 5.81. The Morgan fingerprint density at radius 2 is 2.05 bits per heavy atom. The third kappa shape index (κ3) is 4.30. The zero-order valence-corrected chi connectivity index (χ0v) is 14.7. The fourth-order valence-electron chi connectivity index (χ4n) is 3.67. The molecule has 2 unspecified atom stereocenters. The van der Waals surface area contributed by atoms with Crippen LogP contribution in [0.4, 0.5) is 0 Å². The molecule has 128 valence electrons. The van der Waals surface area contributed by atoms with Gasteiger partial charge in [-0.2, -0.15) is 0 Å². The normalized spacial score (nSPS) is 34.0. The summed E-state index contributed by atoms with van der Waals surface area (Å²) in [7, 11) is 0. The highest BCUT2D eigenvalue weighted by Gasteiger charge is 2.46. The Balaban J connectivity index is 1.75. The molecule has 2 fully saturated rings. The molecule has 2 rings (SSSR count). The number of ether oxygens (including phenoxy) is 2. The Labute approximate surface area is 135 Å². The summed E-state index contributed by atoms with van der Waals surface area (Å²) in [5.41, 5.74) is 0.425. The molecule has 0 radical (unpaired) electrons. The summed E-state index contributed by atoms with van der Waals surface area (Å²) in [5, 5.41) is 3.18. The second-order valence-electron chi connectivity index (χ2n) is 7.75. The van der Waals surface area contributed by atoms with Gasteiger partial charge in [-0.25, -0.2) is 0 Å². The molecule has 1 saturated heterocycles. The van der Waals surface area contributed by atoms with Crippen LogP contribution in [-0.4, -0.2) is 37.4 Å². The molecule has 1 aliphatic heterocycles. The molecular weight excluding hydrogens is 278 g/mol. The van der Waals surface area contributed by atoms with E-state index in [1.54, 1.807) is 0 Å². The van der Waals surface area contributed by atoms with Gasteiger partial charge in [-0.15, -0.1) is 0 Å². The summed E-state index contributed by atoms with van der Waals surface area (Å²) in [6, 6.07) is -0.0806. The van der Waals surface area contributed by atoms with E-state index >= 15 is 0 Å². The highest BCUT2D eigenvalue weighted by Crippen LogP contribution is 2.47. The average Bonchev–Trinajstić information content (AvgIpc) is 2.90. The third-order valence-electron chi connectivity index (χ3n) is 5.81. The van der Waals surface area contributed by atoms with Gasteiger partial charge >= 0.3 is 0 Å². The summed E-state index contributed by atoms with van der Waals surface area (Å²) >= 11 is 0. The van der Waals surface area contributed by atoms with Crippen LogP contribution in [0.15, 0.2) is 0 Å². The first-order valence-corrected chi connectivity index (χ1v) is 8.91. The monoisotopic (exact) mass is 311 g/mol. The number of aldehydes is 1. The van der Waals surface area contributed by atoms with Gasteiger partial charge in [-0.05, 0) is 44.1 Å². The van der Waals surface area contributed by atoms with Crippen LogP contribution in [0.25, 0.3) is 0 Å². The van der Waals surface area contributed by atoms with E-state index in [4.69, 9.17) is 9.47 Å². The van der Waals surface area contributed by atoms with E-state index in [1.807, 2.05) is 6.92 Å². The van der Waals surface area contributed by atoms with Gasteiger partial charge in [-0.3, -0.25) is 0 Å². The Bertz CT molecular complexity index is 361. The molecule has 1 N–H and O–H groups in total. The van der Waals surface area contributed by atoms with Crippen molar-refractivity contribution in [2.75, 3.05) is 13.2 Å². The summed E-state index contributed by atoms with van der Waals surface area (Å²) in [6.45, 7) is 10.4. The average molecular weight is 311 g/mol. The van der Waals surface area contributed by atoms with Crippen LogP contribution in [0.3, 0.4) is 0 Å². The Morgan fingerprint density at radius 1 is 1.36 bits per heavy atom. The van der Waals surface area contributed by atoms with Crippen LogP contribution in [-0.2, 0) is 14.3 Å². The van der Waals surface area contributed by atoms with Gasteiger partial charge in [0, 0.05) is 12.8 Å². The number of carbonyl (C=O) groups is 1. The Kier molecular flexibility index (Phi) is 6.03. The molecule has 0 aromatic heterocycles. The molecule has 1 heterocycles. The lowest BCUT2D eigenvalue weighted by Crippen LogP contribution is -2.39. The summed E-state index contributed by atoms with van der Waals surface area (Å²) in [6.07, 6.45) is 7.69. The SMILES string of the molecule is CCC(C)(C)C1CCC2(CC1)OCC(CCNC(C)C=O)O2. The Hall–Kier alpha value is -0.450. The van der Waals surface area contributed by atoms with Gasteiger partial charge in [0.15, 0.2) is 5.79 Å². The van der Waals surface area contributed by atoms with Gasteiger partial charge in [0.05, 0.1) is 18.8 Å². The molecular formula is C18H33NO3. The lowest BCUT2D eigenvalue weighted by molar-refractivity contribution is -0.197. The first-order valence-electron chi connectivity index (χ1n) is 8.91. The lowest BCUT2D eigenvalue weighted by Gasteiger charge is -2.42. The first kappa shape index (κ1) is 17.9. The summed E-state index contributed by atoms with van der Waals surface area (Å²) < 4.78 is 12.3. The number of rotatable bonds is 7. The van der Waals surface area contributed by atoms with Gasteiger partial charge in [-0.1, -0.05) is 27.2 Å². The molecule has 1 spiro atoms. The van der Waals surface area contributed by atoms with E-state index in [2.05, 4.69) is 26.1 Å². The largest absolute Gasteiger partial charge is 0.347 e. The minimum Gasteiger partial charge on any atom is -0.347 e. The first-order chi connectivity index (χ1) is 10.4. The molecule has 4 nitrogen and oxygen atoms in total. The van der Waals surface area contributed by atoms with E-state index in [-0.39, 0.29) is 17.9 Å². The smallest absolute Gasteiger partial charge is 0.168 e. The molecule has 0 amide bonds. The van der Waals surface area contributed by atoms with Crippen molar-refractivity contribution >= 4 is 6.29 Å². The van der Waals surface area contributed by atoms with Gasteiger partial charge in [0.2, 0.25) is 0 Å². The maximum atomic E-state index is 10.6. The molecule has 0 aromatic rings. The summed E-state index contributed by atoms with van der Waals surface area (Å²) in [4.78, 5) is 10.6. The van der Waals surface area contributed by atoms with Gasteiger partial charge < -0.3 is 19.6 Å². The fraction of sp³-hybridized carbons (Fsp3) is 0.944. The van der Waals surface area contributed by atoms with Crippen LogP contribution in [0.2, 0.25) is 0 Å². The second kappa shape index (κ2) is 7.41. The van der Waals surface area contributed by atoms with Crippen molar-refractivity contribution in [2.45, 2.75) is 84.2 Å². The maximum Gasteiger partial charge on any atom is 0.168 e. The van der Waals surface area contributed by atoms with Gasteiger partial charge in [0.1, 0.15) is 6.29 Å². The predicted octanol–water partition coefficient (Wildman–Crippen LogP) is 3.29. The second-order valence-corrected chi connectivity index (χ2v) is 7.75. The van der Waals surface area contributed by atoms with Crippen molar-refractivity contribution in [3.63, 3.8) is 0 Å². The topological polar surface area (TPSA) is 47.6 Å². The molecule has 2 atom stereocenters. The van der Waals surface area contributed by atoms with Crippen LogP contribution in [0, 0.1) is 11.3 Å². The van der Waals surface area contributed by atoms with Crippen molar-refractivity contribution in [3.05, 3.63) is 0 Å². The van der Waals surface area contributed by atoms with Crippen molar-refractivity contribution in [2.24, 2.45) is 11.3 Å². The van der Waals surface area contributed by atoms with Crippen LogP contribution in [0.1, 0.15) is 66.2 Å². The highest BCUT2D eigenvalue weighted by atomic mass is 16.7. The molecule has 22 heavy (non-hydrogen) atoms. The van der Waals surface area contributed by atoms with Crippen LogP contribution < -0.4 is 5.32 Å². The van der Waals surface area contributed by atoms with Crippen molar-refractivity contribution in [1.29, 1.82) is 0 Å². The molecule has 1 saturated carbocycles. The van der Waals surface area contributed by atoms with Gasteiger partial charge in [0.25, 0.3) is 0 Å². The van der Waals surface area contributed by atoms with Crippen molar-refractivity contribution in [1.82, 2.24) is 5.32 Å². The number of hydrogen-bond donors (Lipinski definition) is 1. The lowest BCUT2D eigenvalue weighted by atomic mass is 9.68. The Morgan fingerprint density at radius 3 is 2.64 bits per heavy atom. The number of hydrogen-bond acceptors (Lipinski definition) is 4. The van der Waals surface area contributed by atoms with E-state index in [9.17, 15) is 4.79 Å². The molecule has 1 aliphatic carbocycles. The van der Waals surface area contributed by atoms with E-state index in [1.165, 1.54) is 19.3 Å². The number of nitrogens with one attached hydrogen (secondary N) is 1. The zero-order valence-electron chi connectivity index (χ0n) is 14.7. The zero-order chi connectivity index (χ0) is 16.2. The molecule has 0 bridgehead atoms. The van der Waals surface area contributed by atoms with Crippen molar-refractivity contribution < 1.29 is 14.3 Å². The quantitative estimate of drug-likeness (QED) is 0.733. The van der Waals surface area contributed by atoms with E-state index in [0.29, 0.717) is 12.0 Å². The summed E-state index contributed by atoms with van der Waals surface area (Å²) in [5.74, 6) is 0.464. The van der Waals surface area contributed by atoms with Crippen LogP contribution in [0.5, 0.6) is 0 Å². The highest BCUT2D eigenvalue weighted by molar-refractivity contribution is 5.56. The van der Waals surface area contributed by atoms with Crippen LogP contribution >= 0.6 is 0 Å². The van der Waals surface area contributed by atoms with E-state index in [0.717, 1.165) is 38.0 Å².